The highest BCUT2D eigenvalue weighted by Crippen LogP contribution is 2.49. The number of ketones is 1. The largest absolute Gasteiger partial charge is 0.468 e. The SMILES string of the molecule is CCCCC1C(C(C(C)=O)C(=O)OC)CCC1(OCC)OCC. The van der Waals surface area contributed by atoms with E-state index in [4.69, 9.17) is 14.2 Å². The first-order valence-electron chi connectivity index (χ1n) is 8.83. The van der Waals surface area contributed by atoms with Crippen molar-refractivity contribution in [2.24, 2.45) is 17.8 Å². The molecular formula is C18H32O5. The number of esters is 1. The second kappa shape index (κ2) is 9.38. The van der Waals surface area contributed by atoms with Gasteiger partial charge >= 0.3 is 5.97 Å². The zero-order valence-corrected chi connectivity index (χ0v) is 15.2. The smallest absolute Gasteiger partial charge is 0.316 e. The Hall–Kier alpha value is -0.940. The summed E-state index contributed by atoms with van der Waals surface area (Å²) < 4.78 is 16.9. The molecule has 0 saturated heterocycles. The number of ether oxygens (including phenoxy) is 3. The summed E-state index contributed by atoms with van der Waals surface area (Å²) in [5.41, 5.74) is 0. The lowest BCUT2D eigenvalue weighted by Gasteiger charge is -2.38. The van der Waals surface area contributed by atoms with Crippen LogP contribution in [0.15, 0.2) is 0 Å². The Morgan fingerprint density at radius 1 is 1.17 bits per heavy atom. The molecule has 1 rings (SSSR count). The van der Waals surface area contributed by atoms with E-state index in [1.165, 1.54) is 14.0 Å². The van der Waals surface area contributed by atoms with Crippen LogP contribution in [0.3, 0.4) is 0 Å². The van der Waals surface area contributed by atoms with Crippen LogP contribution < -0.4 is 0 Å². The number of hydrogen-bond donors (Lipinski definition) is 0. The van der Waals surface area contributed by atoms with E-state index < -0.39 is 17.7 Å². The van der Waals surface area contributed by atoms with Gasteiger partial charge in [0.2, 0.25) is 0 Å². The van der Waals surface area contributed by atoms with Gasteiger partial charge in [-0.1, -0.05) is 19.8 Å². The van der Waals surface area contributed by atoms with Gasteiger partial charge < -0.3 is 14.2 Å². The summed E-state index contributed by atoms with van der Waals surface area (Å²) >= 11 is 0. The van der Waals surface area contributed by atoms with Crippen LogP contribution in [0.5, 0.6) is 0 Å². The lowest BCUT2D eigenvalue weighted by molar-refractivity contribution is -0.258. The molecule has 23 heavy (non-hydrogen) atoms. The van der Waals surface area contributed by atoms with Crippen molar-refractivity contribution in [2.75, 3.05) is 20.3 Å². The second-order valence-electron chi connectivity index (χ2n) is 6.24. The van der Waals surface area contributed by atoms with Crippen LogP contribution in [0.4, 0.5) is 0 Å². The van der Waals surface area contributed by atoms with Crippen molar-refractivity contribution >= 4 is 11.8 Å². The molecule has 3 atom stereocenters. The first-order valence-corrected chi connectivity index (χ1v) is 8.83. The minimum Gasteiger partial charge on any atom is -0.468 e. The third kappa shape index (κ3) is 4.54. The summed E-state index contributed by atoms with van der Waals surface area (Å²) in [5, 5.41) is 0. The molecule has 0 radical (unpaired) electrons. The molecule has 0 bridgehead atoms. The fraction of sp³-hybridized carbons (Fsp3) is 0.889. The third-order valence-corrected chi connectivity index (χ3v) is 4.88. The lowest BCUT2D eigenvalue weighted by Crippen LogP contribution is -2.44. The van der Waals surface area contributed by atoms with E-state index in [1.54, 1.807) is 0 Å². The van der Waals surface area contributed by atoms with Crippen molar-refractivity contribution < 1.29 is 23.8 Å². The molecule has 134 valence electrons. The van der Waals surface area contributed by atoms with Crippen molar-refractivity contribution in [3.05, 3.63) is 0 Å². The number of carbonyl (C=O) groups is 2. The highest BCUT2D eigenvalue weighted by molar-refractivity contribution is 5.98. The molecule has 1 aliphatic carbocycles. The number of unbranched alkanes of at least 4 members (excludes halogenated alkanes) is 1. The molecule has 0 heterocycles. The molecular weight excluding hydrogens is 296 g/mol. The van der Waals surface area contributed by atoms with Crippen molar-refractivity contribution in [1.82, 2.24) is 0 Å². The van der Waals surface area contributed by atoms with E-state index in [1.807, 2.05) is 13.8 Å². The Bertz CT molecular complexity index is 387. The average Bonchev–Trinajstić information content (AvgIpc) is 2.84. The van der Waals surface area contributed by atoms with Crippen LogP contribution >= 0.6 is 0 Å². The molecule has 0 aromatic heterocycles. The van der Waals surface area contributed by atoms with Gasteiger partial charge in [0.25, 0.3) is 0 Å². The minimum absolute atomic E-state index is 0.0374. The standard InChI is InChI=1S/C18H32O5/c1-6-9-10-15-14(16(13(4)19)17(20)21-5)11-12-18(15,22-7-2)23-8-3/h14-16H,6-12H2,1-5H3. The van der Waals surface area contributed by atoms with Crippen molar-refractivity contribution in [1.29, 1.82) is 0 Å². The Morgan fingerprint density at radius 3 is 2.22 bits per heavy atom. The normalized spacial score (nSPS) is 24.4. The zero-order valence-electron chi connectivity index (χ0n) is 15.2. The predicted octanol–water partition coefficient (Wildman–Crippen LogP) is 3.35. The van der Waals surface area contributed by atoms with E-state index in [-0.39, 0.29) is 17.6 Å². The molecule has 0 spiro atoms. The van der Waals surface area contributed by atoms with Crippen LogP contribution in [-0.2, 0) is 23.8 Å². The van der Waals surface area contributed by atoms with Gasteiger partial charge in [-0.25, -0.2) is 0 Å². The van der Waals surface area contributed by atoms with Crippen LogP contribution in [0, 0.1) is 17.8 Å². The van der Waals surface area contributed by atoms with E-state index >= 15 is 0 Å². The first kappa shape index (κ1) is 20.1. The van der Waals surface area contributed by atoms with Gasteiger partial charge in [0.1, 0.15) is 11.7 Å². The molecule has 0 aromatic carbocycles. The fourth-order valence-electron chi connectivity index (χ4n) is 4.00. The predicted molar refractivity (Wildman–Crippen MR) is 87.9 cm³/mol. The number of hydrogen-bond acceptors (Lipinski definition) is 5. The summed E-state index contributed by atoms with van der Waals surface area (Å²) in [6.07, 6.45) is 4.43. The van der Waals surface area contributed by atoms with E-state index in [9.17, 15) is 9.59 Å². The summed E-state index contributed by atoms with van der Waals surface area (Å²) in [6, 6.07) is 0. The van der Waals surface area contributed by atoms with Gasteiger partial charge in [0.05, 0.1) is 7.11 Å². The zero-order chi connectivity index (χ0) is 17.5. The molecule has 1 aliphatic rings. The maximum absolute atomic E-state index is 12.2. The van der Waals surface area contributed by atoms with E-state index in [2.05, 4.69) is 6.92 Å². The number of Topliss-reactive ketones (excluding diaryl/α,β-unsaturated/α-hetero) is 1. The quantitative estimate of drug-likeness (QED) is 0.350. The summed E-state index contributed by atoms with van der Waals surface area (Å²) in [6.45, 7) is 8.62. The molecule has 0 aliphatic heterocycles. The molecule has 3 unspecified atom stereocenters. The Labute approximate surface area is 140 Å². The van der Waals surface area contributed by atoms with Gasteiger partial charge in [0, 0.05) is 25.6 Å². The van der Waals surface area contributed by atoms with Gasteiger partial charge in [-0.3, -0.25) is 9.59 Å². The topological polar surface area (TPSA) is 61.8 Å². The van der Waals surface area contributed by atoms with Crippen molar-refractivity contribution in [3.8, 4) is 0 Å². The maximum atomic E-state index is 12.2. The van der Waals surface area contributed by atoms with Crippen LogP contribution in [0.2, 0.25) is 0 Å². The van der Waals surface area contributed by atoms with Gasteiger partial charge in [0.15, 0.2) is 5.79 Å². The minimum atomic E-state index is -0.718. The molecule has 1 saturated carbocycles. The van der Waals surface area contributed by atoms with Crippen LogP contribution in [-0.4, -0.2) is 37.9 Å². The van der Waals surface area contributed by atoms with Crippen molar-refractivity contribution in [2.45, 2.75) is 65.6 Å². The first-order chi connectivity index (χ1) is 11.0. The summed E-state index contributed by atoms with van der Waals surface area (Å²) in [4.78, 5) is 24.3. The van der Waals surface area contributed by atoms with Crippen LogP contribution in [0.25, 0.3) is 0 Å². The number of methoxy groups -OCH3 is 1. The Kier molecular flexibility index (Phi) is 8.20. The lowest BCUT2D eigenvalue weighted by atomic mass is 9.78. The fourth-order valence-corrected chi connectivity index (χ4v) is 4.00. The second-order valence-corrected chi connectivity index (χ2v) is 6.24. The molecule has 5 nitrogen and oxygen atoms in total. The molecule has 0 amide bonds. The van der Waals surface area contributed by atoms with Crippen LogP contribution in [0.1, 0.15) is 59.8 Å². The molecule has 0 N–H and O–H groups in total. The van der Waals surface area contributed by atoms with Gasteiger partial charge in [-0.05, 0) is 39.5 Å². The summed E-state index contributed by atoms with van der Waals surface area (Å²) in [5.74, 6) is -2.00. The van der Waals surface area contributed by atoms with Crippen molar-refractivity contribution in [3.63, 3.8) is 0 Å². The highest BCUT2D eigenvalue weighted by atomic mass is 16.7. The monoisotopic (exact) mass is 328 g/mol. The molecule has 5 heteroatoms. The maximum Gasteiger partial charge on any atom is 0.316 e. The number of carbonyl (C=O) groups excluding carboxylic acids is 2. The van der Waals surface area contributed by atoms with Gasteiger partial charge in [-0.15, -0.1) is 0 Å². The average molecular weight is 328 g/mol. The highest BCUT2D eigenvalue weighted by Gasteiger charge is 2.54. The summed E-state index contributed by atoms with van der Waals surface area (Å²) in [7, 11) is 1.34. The van der Waals surface area contributed by atoms with Gasteiger partial charge in [-0.2, -0.15) is 0 Å². The third-order valence-electron chi connectivity index (χ3n) is 4.88. The van der Waals surface area contributed by atoms with E-state index in [0.717, 1.165) is 25.7 Å². The van der Waals surface area contributed by atoms with E-state index in [0.29, 0.717) is 19.6 Å². The number of rotatable bonds is 10. The molecule has 0 aromatic rings. The molecule has 1 fully saturated rings. The Morgan fingerprint density at radius 2 is 1.78 bits per heavy atom. The Balaban J connectivity index is 3.14.